The van der Waals surface area contributed by atoms with Gasteiger partial charge in [-0.1, -0.05) is 31.2 Å². The van der Waals surface area contributed by atoms with Crippen LogP contribution >= 0.6 is 0 Å². The lowest BCUT2D eigenvalue weighted by molar-refractivity contribution is -0.322. The van der Waals surface area contributed by atoms with Gasteiger partial charge in [0.15, 0.2) is 0 Å². The minimum Gasteiger partial charge on any atom is -0.378 e. The molecular weight excluding hydrogens is 434 g/mol. The topological polar surface area (TPSA) is 18.5 Å². The highest BCUT2D eigenvalue weighted by atomic mass is 19.4. The molecule has 1 aromatic rings. The molecule has 0 bridgehead atoms. The third-order valence-corrected chi connectivity index (χ3v) is 8.04. The maximum absolute atomic E-state index is 12.6. The second-order valence-electron chi connectivity index (χ2n) is 9.78. The molecule has 1 aromatic carbocycles. The van der Waals surface area contributed by atoms with Crippen LogP contribution in [0.2, 0.25) is 0 Å². The number of fused-ring (bicyclic) bond motifs is 5. The molecule has 0 spiro atoms. The lowest BCUT2D eigenvalue weighted by Gasteiger charge is -2.50. The van der Waals surface area contributed by atoms with E-state index < -0.39 is 25.1 Å². The number of rotatable bonds is 6. The molecule has 0 amide bonds. The summed E-state index contributed by atoms with van der Waals surface area (Å²) in [6, 6.07) is 8.69. The second kappa shape index (κ2) is 8.82. The average Bonchev–Trinajstić information content (AvgIpc) is 3.05. The number of alkyl halides is 6. The Balaban J connectivity index is 1.30. The van der Waals surface area contributed by atoms with Crippen molar-refractivity contribution in [2.75, 3.05) is 13.2 Å². The van der Waals surface area contributed by atoms with E-state index in [4.69, 9.17) is 4.74 Å². The Bertz CT molecular complexity index is 777. The Morgan fingerprint density at radius 3 is 2.41 bits per heavy atom. The first kappa shape index (κ1) is 23.9. The quantitative estimate of drug-likeness (QED) is 0.339. The van der Waals surface area contributed by atoms with E-state index in [1.807, 2.05) is 0 Å². The van der Waals surface area contributed by atoms with Crippen molar-refractivity contribution in [3.63, 3.8) is 0 Å². The van der Waals surface area contributed by atoms with E-state index >= 15 is 0 Å². The Labute approximate surface area is 184 Å². The summed E-state index contributed by atoms with van der Waals surface area (Å²) in [5.41, 5.74) is 2.95. The zero-order valence-electron chi connectivity index (χ0n) is 18.1. The normalized spacial score (nSPS) is 32.5. The van der Waals surface area contributed by atoms with Gasteiger partial charge in [-0.3, -0.25) is 0 Å². The molecule has 3 aliphatic carbocycles. The molecule has 180 valence electrons. The van der Waals surface area contributed by atoms with Crippen LogP contribution in [0.1, 0.15) is 62.5 Å². The predicted octanol–water partition coefficient (Wildman–Crippen LogP) is 6.83. The van der Waals surface area contributed by atoms with Crippen molar-refractivity contribution < 1.29 is 35.8 Å². The lowest BCUT2D eigenvalue weighted by Crippen LogP contribution is -2.45. The predicted molar refractivity (Wildman–Crippen MR) is 107 cm³/mol. The summed E-state index contributed by atoms with van der Waals surface area (Å²) >= 11 is 0. The molecule has 0 radical (unpaired) electrons. The molecule has 0 heterocycles. The molecule has 8 heteroatoms. The molecule has 2 saturated carbocycles. The lowest BCUT2D eigenvalue weighted by atomic mass is 9.55. The molecule has 32 heavy (non-hydrogen) atoms. The number of halogens is 6. The van der Waals surface area contributed by atoms with Gasteiger partial charge in [-0.2, -0.15) is 26.3 Å². The van der Waals surface area contributed by atoms with Crippen LogP contribution in [0, 0.1) is 17.3 Å². The number of hydrogen-bond acceptors (Lipinski definition) is 2. The third kappa shape index (κ3) is 4.54. The average molecular weight is 464 g/mol. The first-order valence-electron chi connectivity index (χ1n) is 11.5. The van der Waals surface area contributed by atoms with Gasteiger partial charge in [0.1, 0.15) is 0 Å². The molecule has 2 nitrogen and oxygen atoms in total. The number of ether oxygens (including phenoxy) is 2. The van der Waals surface area contributed by atoms with Gasteiger partial charge in [-0.05, 0) is 79.2 Å². The summed E-state index contributed by atoms with van der Waals surface area (Å²) in [5.74, 6) is 1.72. The van der Waals surface area contributed by atoms with Crippen molar-refractivity contribution in [3.05, 3.63) is 35.4 Å². The molecule has 0 aliphatic heterocycles. The molecule has 5 atom stereocenters. The maximum atomic E-state index is 12.6. The van der Waals surface area contributed by atoms with Crippen LogP contribution in [0.5, 0.6) is 0 Å². The van der Waals surface area contributed by atoms with Crippen molar-refractivity contribution in [2.45, 2.75) is 82.3 Å². The van der Waals surface area contributed by atoms with Crippen LogP contribution in [0.25, 0.3) is 0 Å². The fourth-order valence-electron chi connectivity index (χ4n) is 6.61. The Kier molecular flexibility index (Phi) is 6.58. The first-order valence-corrected chi connectivity index (χ1v) is 11.5. The van der Waals surface area contributed by atoms with E-state index in [0.717, 1.165) is 32.1 Å². The summed E-state index contributed by atoms with van der Waals surface area (Å²) in [6.45, 7) is 1.72. The van der Waals surface area contributed by atoms with Gasteiger partial charge >= 0.3 is 12.4 Å². The fraction of sp³-hybridized carbons (Fsp3) is 0.750. The van der Waals surface area contributed by atoms with Crippen LogP contribution in [0.4, 0.5) is 26.3 Å². The van der Waals surface area contributed by atoms with Crippen LogP contribution in [0.3, 0.4) is 0 Å². The zero-order valence-corrected chi connectivity index (χ0v) is 18.1. The van der Waals surface area contributed by atoms with Crippen LogP contribution in [0.15, 0.2) is 24.3 Å². The molecular formula is C24H30F6O2. The Hall–Kier alpha value is -1.28. The van der Waals surface area contributed by atoms with Gasteiger partial charge in [-0.15, -0.1) is 0 Å². The summed E-state index contributed by atoms with van der Waals surface area (Å²) in [5, 5.41) is 0. The minimum absolute atomic E-state index is 0.000659. The van der Waals surface area contributed by atoms with E-state index in [9.17, 15) is 26.3 Å². The van der Waals surface area contributed by atoms with Crippen molar-refractivity contribution in [1.82, 2.24) is 0 Å². The van der Waals surface area contributed by atoms with Gasteiger partial charge in [0.2, 0.25) is 6.10 Å². The Morgan fingerprint density at radius 1 is 0.969 bits per heavy atom. The summed E-state index contributed by atoms with van der Waals surface area (Å²) in [6.07, 6.45) is -8.37. The molecule has 3 aliphatic rings. The van der Waals surface area contributed by atoms with Gasteiger partial charge in [0.25, 0.3) is 0 Å². The smallest absolute Gasteiger partial charge is 0.378 e. The van der Waals surface area contributed by atoms with Crippen molar-refractivity contribution in [1.29, 1.82) is 0 Å². The highest BCUT2D eigenvalue weighted by molar-refractivity contribution is 5.34. The molecule has 0 saturated heterocycles. The van der Waals surface area contributed by atoms with Crippen LogP contribution < -0.4 is 0 Å². The van der Waals surface area contributed by atoms with Gasteiger partial charge in [0.05, 0.1) is 6.10 Å². The fourth-order valence-corrected chi connectivity index (χ4v) is 6.61. The summed E-state index contributed by atoms with van der Waals surface area (Å²) < 4.78 is 85.5. The second-order valence-corrected chi connectivity index (χ2v) is 9.78. The minimum atomic E-state index is -5.47. The first-order chi connectivity index (χ1) is 15.0. The van der Waals surface area contributed by atoms with E-state index in [1.54, 1.807) is 0 Å². The highest BCUT2D eigenvalue weighted by Gasteiger charge is 2.58. The van der Waals surface area contributed by atoms with E-state index in [2.05, 4.69) is 35.9 Å². The zero-order chi connectivity index (χ0) is 23.1. The monoisotopic (exact) mass is 464 g/mol. The Morgan fingerprint density at radius 2 is 1.69 bits per heavy atom. The van der Waals surface area contributed by atoms with Crippen LogP contribution in [-0.4, -0.2) is 37.8 Å². The molecule has 0 unspecified atom stereocenters. The third-order valence-electron chi connectivity index (χ3n) is 8.04. The van der Waals surface area contributed by atoms with Crippen molar-refractivity contribution in [2.24, 2.45) is 17.3 Å². The van der Waals surface area contributed by atoms with Gasteiger partial charge in [-0.25, -0.2) is 0 Å². The largest absolute Gasteiger partial charge is 0.423 e. The summed E-state index contributed by atoms with van der Waals surface area (Å²) in [4.78, 5) is 0. The van der Waals surface area contributed by atoms with E-state index in [1.165, 1.54) is 17.5 Å². The molecule has 0 aromatic heterocycles. The van der Waals surface area contributed by atoms with Gasteiger partial charge in [0, 0.05) is 13.2 Å². The van der Waals surface area contributed by atoms with E-state index in [-0.39, 0.29) is 24.5 Å². The maximum Gasteiger partial charge on any atom is 0.423 e. The standard InChI is InChI=1S/C24H30F6O2/c1-22-12-11-17-16-6-3-2-5-15(16)7-8-18(17)19(22)9-10-20(22)31-13-4-14-32-21(23(25,26)27)24(28,29)30/h2-3,5-6,17-21H,4,7-14H2,1H3/t17-,18-,19+,20+,22+/m1/s1. The van der Waals surface area contributed by atoms with Gasteiger partial charge < -0.3 is 9.47 Å². The summed E-state index contributed by atoms with van der Waals surface area (Å²) in [7, 11) is 0. The van der Waals surface area contributed by atoms with Crippen molar-refractivity contribution in [3.8, 4) is 0 Å². The number of hydrogen-bond donors (Lipinski definition) is 0. The van der Waals surface area contributed by atoms with Crippen LogP contribution in [-0.2, 0) is 15.9 Å². The molecule has 2 fully saturated rings. The number of benzene rings is 1. The molecule has 0 N–H and O–H groups in total. The van der Waals surface area contributed by atoms with Crippen molar-refractivity contribution >= 4 is 0 Å². The van der Waals surface area contributed by atoms with E-state index in [0.29, 0.717) is 17.8 Å². The highest BCUT2D eigenvalue weighted by Crippen LogP contribution is 2.61. The SMILES string of the molecule is C[C@]12CC[C@@H]3c4ccccc4CC[C@H]3[C@@H]1CC[C@@H]2OCCCOC(C(F)(F)F)C(F)(F)F. The number of aryl methyl sites for hydroxylation is 1. The molecule has 4 rings (SSSR count).